The van der Waals surface area contributed by atoms with E-state index in [2.05, 4.69) is 47.4 Å². The van der Waals surface area contributed by atoms with Crippen LogP contribution in [-0.4, -0.2) is 0 Å². The van der Waals surface area contributed by atoms with E-state index in [9.17, 15) is 0 Å². The molecular formula is C32H16. The number of hydrogen-bond donors (Lipinski definition) is 0. The van der Waals surface area contributed by atoms with E-state index in [1.54, 1.807) is 0 Å². The molecule has 0 amide bonds. The lowest BCUT2D eigenvalue weighted by Gasteiger charge is -2.00. The van der Waals surface area contributed by atoms with Crippen LogP contribution in [0.1, 0.15) is 44.5 Å². The van der Waals surface area contributed by atoms with E-state index in [-0.39, 0.29) is 0 Å². The third-order valence-electron chi connectivity index (χ3n) is 5.04. The highest BCUT2D eigenvalue weighted by atomic mass is 14.0. The molecule has 0 heterocycles. The summed E-state index contributed by atoms with van der Waals surface area (Å²) in [4.78, 5) is 0. The first-order valence-electron chi connectivity index (χ1n) is 10.3. The fourth-order valence-corrected chi connectivity index (χ4v) is 3.34. The van der Waals surface area contributed by atoms with Gasteiger partial charge in [-0.25, -0.2) is 0 Å². The molecule has 0 atom stereocenters. The second-order valence-electron chi connectivity index (χ2n) is 7.18. The van der Waals surface area contributed by atoms with Crippen LogP contribution >= 0.6 is 0 Å². The maximum absolute atomic E-state index is 3.30. The Labute approximate surface area is 189 Å². The molecule has 0 nitrogen and oxygen atoms in total. The van der Waals surface area contributed by atoms with Crippen molar-refractivity contribution in [2.24, 2.45) is 0 Å². The lowest BCUT2D eigenvalue weighted by molar-refractivity contribution is 1.54. The summed E-state index contributed by atoms with van der Waals surface area (Å²) in [6, 6.07) is 31.8. The molecule has 0 fully saturated rings. The zero-order valence-electron chi connectivity index (χ0n) is 17.2. The quantitative estimate of drug-likeness (QED) is 0.297. The van der Waals surface area contributed by atoms with Gasteiger partial charge in [0.2, 0.25) is 0 Å². The molecule has 0 unspecified atom stereocenters. The van der Waals surface area contributed by atoms with Crippen LogP contribution in [0.25, 0.3) is 0 Å². The predicted molar refractivity (Wildman–Crippen MR) is 130 cm³/mol. The van der Waals surface area contributed by atoms with Crippen LogP contribution in [0.4, 0.5) is 0 Å². The first kappa shape index (κ1) is 19.1. The van der Waals surface area contributed by atoms with Crippen LogP contribution in [0.5, 0.6) is 0 Å². The Morgan fingerprint density at radius 2 is 0.344 bits per heavy atom. The lowest BCUT2D eigenvalue weighted by atomic mass is 10.0. The predicted octanol–water partition coefficient (Wildman–Crippen LogP) is 5.60. The number of fused-ring (bicyclic) bond motifs is 4. The summed E-state index contributed by atoms with van der Waals surface area (Å²) in [7, 11) is 0. The van der Waals surface area contributed by atoms with Crippen molar-refractivity contribution in [2.75, 3.05) is 0 Å². The summed E-state index contributed by atoms with van der Waals surface area (Å²) in [6.45, 7) is 0. The van der Waals surface area contributed by atoms with Gasteiger partial charge < -0.3 is 0 Å². The summed E-state index contributed by atoms with van der Waals surface area (Å²) in [5, 5.41) is 0. The summed E-state index contributed by atoms with van der Waals surface area (Å²) >= 11 is 0. The second kappa shape index (κ2) is 8.86. The monoisotopic (exact) mass is 400 g/mol. The van der Waals surface area contributed by atoms with E-state index in [1.807, 2.05) is 97.1 Å². The topological polar surface area (TPSA) is 0 Å². The van der Waals surface area contributed by atoms with E-state index in [0.717, 1.165) is 44.5 Å². The first-order chi connectivity index (χ1) is 15.9. The zero-order chi connectivity index (χ0) is 21.6. The van der Waals surface area contributed by atoms with Crippen molar-refractivity contribution in [3.8, 4) is 47.4 Å². The second-order valence-corrected chi connectivity index (χ2v) is 7.18. The number of hydrogen-bond acceptors (Lipinski definition) is 0. The SMILES string of the molecule is C1#Cc2ccccc2C#Cc2ccccc2C#Cc2ccccc2C#Cc2ccccc21. The Morgan fingerprint density at radius 3 is 0.469 bits per heavy atom. The minimum Gasteiger partial charge on any atom is -0.0609 e. The highest BCUT2D eigenvalue weighted by Gasteiger charge is 2.01. The third kappa shape index (κ3) is 4.18. The molecule has 0 radical (unpaired) electrons. The Morgan fingerprint density at radius 1 is 0.219 bits per heavy atom. The average molecular weight is 400 g/mol. The van der Waals surface area contributed by atoms with Gasteiger partial charge in [-0.05, 0) is 48.5 Å². The molecule has 1 aliphatic carbocycles. The van der Waals surface area contributed by atoms with Crippen molar-refractivity contribution in [3.05, 3.63) is 142 Å². The van der Waals surface area contributed by atoms with Gasteiger partial charge in [-0.15, -0.1) is 0 Å². The number of benzene rings is 4. The zero-order valence-corrected chi connectivity index (χ0v) is 17.2. The lowest BCUT2D eigenvalue weighted by Crippen LogP contribution is -1.89. The molecule has 0 spiro atoms. The van der Waals surface area contributed by atoms with E-state index < -0.39 is 0 Å². The van der Waals surface area contributed by atoms with Gasteiger partial charge in [-0.1, -0.05) is 95.9 Å². The van der Waals surface area contributed by atoms with Gasteiger partial charge in [0.05, 0.1) is 0 Å². The number of rotatable bonds is 0. The maximum Gasteiger partial charge on any atom is 0.0405 e. The minimum absolute atomic E-state index is 0.892. The minimum atomic E-state index is 0.892. The largest absolute Gasteiger partial charge is 0.0609 e. The molecule has 0 saturated heterocycles. The molecule has 0 N–H and O–H groups in total. The summed E-state index contributed by atoms with van der Waals surface area (Å²) in [5.41, 5.74) is 7.14. The first-order valence-corrected chi connectivity index (χ1v) is 10.3. The normalized spacial score (nSPS) is 10.5. The van der Waals surface area contributed by atoms with Crippen LogP contribution in [0.15, 0.2) is 97.1 Å². The van der Waals surface area contributed by atoms with Crippen molar-refractivity contribution in [3.63, 3.8) is 0 Å². The highest BCUT2D eigenvalue weighted by Crippen LogP contribution is 2.13. The molecule has 5 rings (SSSR count). The molecular weight excluding hydrogens is 384 g/mol. The van der Waals surface area contributed by atoms with Gasteiger partial charge in [-0.3, -0.25) is 0 Å². The molecule has 1 aliphatic rings. The molecule has 144 valence electrons. The van der Waals surface area contributed by atoms with Crippen molar-refractivity contribution < 1.29 is 0 Å². The van der Waals surface area contributed by atoms with Crippen molar-refractivity contribution in [2.45, 2.75) is 0 Å². The molecule has 0 aliphatic heterocycles. The Bertz CT molecular complexity index is 1230. The molecule has 0 bridgehead atoms. The molecule has 4 aromatic rings. The van der Waals surface area contributed by atoms with Crippen LogP contribution in [-0.2, 0) is 0 Å². The van der Waals surface area contributed by atoms with Gasteiger partial charge in [0.1, 0.15) is 0 Å². The average Bonchev–Trinajstić information content (AvgIpc) is 2.85. The maximum atomic E-state index is 3.30. The van der Waals surface area contributed by atoms with Gasteiger partial charge >= 0.3 is 0 Å². The molecule has 4 aromatic carbocycles. The molecule has 32 heavy (non-hydrogen) atoms. The highest BCUT2D eigenvalue weighted by molar-refractivity contribution is 5.61. The third-order valence-corrected chi connectivity index (χ3v) is 5.04. The van der Waals surface area contributed by atoms with Gasteiger partial charge in [0, 0.05) is 44.5 Å². The summed E-state index contributed by atoms with van der Waals surface area (Å²) in [6.07, 6.45) is 0. The smallest absolute Gasteiger partial charge is 0.0405 e. The van der Waals surface area contributed by atoms with Crippen LogP contribution < -0.4 is 0 Å². The van der Waals surface area contributed by atoms with E-state index in [0.29, 0.717) is 0 Å². The van der Waals surface area contributed by atoms with E-state index in [1.165, 1.54) is 0 Å². The van der Waals surface area contributed by atoms with Crippen LogP contribution in [0, 0.1) is 47.4 Å². The van der Waals surface area contributed by atoms with Gasteiger partial charge in [0.15, 0.2) is 0 Å². The fraction of sp³-hybridized carbons (Fsp3) is 0. The fourth-order valence-electron chi connectivity index (χ4n) is 3.34. The van der Waals surface area contributed by atoms with Crippen LogP contribution in [0.3, 0.4) is 0 Å². The van der Waals surface area contributed by atoms with E-state index >= 15 is 0 Å². The van der Waals surface area contributed by atoms with Gasteiger partial charge in [-0.2, -0.15) is 0 Å². The molecule has 0 saturated carbocycles. The molecule has 0 heteroatoms. The Hall–Kier alpha value is -4.88. The Balaban J connectivity index is 1.77. The van der Waals surface area contributed by atoms with Crippen molar-refractivity contribution in [1.29, 1.82) is 0 Å². The Kier molecular flexibility index (Phi) is 5.29. The molecule has 0 aromatic heterocycles. The standard InChI is InChI=1S/C32H16/c1-2-10-26-19-20-28-12-5-6-14-30(28)23-24-32-16-8-7-15-31(32)22-21-29-13-4-3-11-27(29)18-17-25(26)9-1/h1-16H. The summed E-state index contributed by atoms with van der Waals surface area (Å²) < 4.78 is 0. The van der Waals surface area contributed by atoms with E-state index in [4.69, 9.17) is 0 Å². The van der Waals surface area contributed by atoms with Crippen LogP contribution in [0.2, 0.25) is 0 Å². The summed E-state index contributed by atoms with van der Waals surface area (Å²) in [5.74, 6) is 26.4. The van der Waals surface area contributed by atoms with Crippen molar-refractivity contribution >= 4 is 0 Å². The van der Waals surface area contributed by atoms with Crippen molar-refractivity contribution in [1.82, 2.24) is 0 Å². The van der Waals surface area contributed by atoms with Gasteiger partial charge in [0.25, 0.3) is 0 Å².